The van der Waals surface area contributed by atoms with Crippen LogP contribution in [-0.2, 0) is 13.1 Å². The van der Waals surface area contributed by atoms with E-state index in [2.05, 4.69) is 40.8 Å². The van der Waals surface area contributed by atoms with E-state index in [1.165, 1.54) is 11.0 Å². The van der Waals surface area contributed by atoms with Gasteiger partial charge in [-0.25, -0.2) is 9.13 Å². The number of halogens is 1. The number of fused-ring (bicyclic) bond motifs is 1. The van der Waals surface area contributed by atoms with Crippen LogP contribution in [0.15, 0.2) is 24.5 Å². The molecule has 1 aromatic carbocycles. The van der Waals surface area contributed by atoms with Gasteiger partial charge in [-0.2, -0.15) is 11.8 Å². The Morgan fingerprint density at radius 2 is 2.17 bits per heavy atom. The van der Waals surface area contributed by atoms with Gasteiger partial charge in [0, 0.05) is 11.8 Å². The fourth-order valence-corrected chi connectivity index (χ4v) is 2.39. The zero-order valence-electron chi connectivity index (χ0n) is 11.0. The molecule has 1 aromatic heterocycles. The average molecular weight is 378 g/mol. The largest absolute Gasteiger partial charge is 1.00 e. The van der Waals surface area contributed by atoms with E-state index < -0.39 is 0 Å². The van der Waals surface area contributed by atoms with Gasteiger partial charge in [-0.05, 0) is 25.3 Å². The summed E-state index contributed by atoms with van der Waals surface area (Å²) in [7, 11) is 1.71. The molecule has 0 atom stereocenters. The summed E-state index contributed by atoms with van der Waals surface area (Å²) in [6.07, 6.45) is 4.34. The first kappa shape index (κ1) is 15.6. The number of aryl methyl sites for hydroxylation is 2. The highest BCUT2D eigenvalue weighted by atomic mass is 127. The van der Waals surface area contributed by atoms with Crippen LogP contribution in [0.5, 0.6) is 5.75 Å². The van der Waals surface area contributed by atoms with Crippen LogP contribution in [0.25, 0.3) is 11.0 Å². The number of aromatic nitrogens is 2. The van der Waals surface area contributed by atoms with Gasteiger partial charge in [0.2, 0.25) is 6.33 Å². The van der Waals surface area contributed by atoms with Gasteiger partial charge in [0.05, 0.1) is 20.2 Å². The molecule has 0 aliphatic rings. The normalized spacial score (nSPS) is 10.4. The SMILES string of the molecule is CCn1c[n+](CCSC)c2ccc(OC)cc21.[I-]. The summed E-state index contributed by atoms with van der Waals surface area (Å²) >= 11 is 1.87. The van der Waals surface area contributed by atoms with Crippen molar-refractivity contribution in [2.24, 2.45) is 0 Å². The van der Waals surface area contributed by atoms with Crippen molar-refractivity contribution in [3.05, 3.63) is 24.5 Å². The molecule has 0 radical (unpaired) electrons. The van der Waals surface area contributed by atoms with Crippen molar-refractivity contribution in [1.29, 1.82) is 0 Å². The Morgan fingerprint density at radius 1 is 1.39 bits per heavy atom. The molecule has 1 heterocycles. The third-order valence-corrected chi connectivity index (χ3v) is 3.55. The third kappa shape index (κ3) is 3.12. The van der Waals surface area contributed by atoms with Gasteiger partial charge in [-0.15, -0.1) is 0 Å². The molecular weight excluding hydrogens is 359 g/mol. The van der Waals surface area contributed by atoms with E-state index in [1.807, 2.05) is 17.8 Å². The molecule has 0 N–H and O–H groups in total. The van der Waals surface area contributed by atoms with Crippen LogP contribution in [0.1, 0.15) is 6.92 Å². The number of ether oxygens (including phenoxy) is 1. The summed E-state index contributed by atoms with van der Waals surface area (Å²) < 4.78 is 9.86. The van der Waals surface area contributed by atoms with Crippen molar-refractivity contribution < 1.29 is 33.3 Å². The van der Waals surface area contributed by atoms with Gasteiger partial charge >= 0.3 is 0 Å². The molecule has 3 nitrogen and oxygen atoms in total. The molecule has 5 heteroatoms. The van der Waals surface area contributed by atoms with Crippen molar-refractivity contribution in [2.75, 3.05) is 19.1 Å². The fraction of sp³-hybridized carbons (Fsp3) is 0.462. The molecule has 0 bridgehead atoms. The molecule has 0 unspecified atom stereocenters. The fourth-order valence-electron chi connectivity index (χ4n) is 2.02. The van der Waals surface area contributed by atoms with E-state index in [4.69, 9.17) is 4.74 Å². The van der Waals surface area contributed by atoms with Gasteiger partial charge in [0.15, 0.2) is 11.0 Å². The lowest BCUT2D eigenvalue weighted by Crippen LogP contribution is -3.00. The zero-order chi connectivity index (χ0) is 12.3. The summed E-state index contributed by atoms with van der Waals surface area (Å²) in [6.45, 7) is 4.20. The Morgan fingerprint density at radius 3 is 2.78 bits per heavy atom. The Hall–Kier alpha value is -0.430. The van der Waals surface area contributed by atoms with Crippen LogP contribution in [-0.4, -0.2) is 23.7 Å². The molecule has 0 fully saturated rings. The molecule has 2 rings (SSSR count). The third-order valence-electron chi connectivity index (χ3n) is 2.96. The standard InChI is InChI=1S/C13H19N2OS.HI/c1-4-14-10-15(7-8-17-3)12-6-5-11(16-2)9-13(12)14;/h5-6,9-10H,4,7-8H2,1-3H3;1H/q+1;/p-1. The van der Waals surface area contributed by atoms with Crippen LogP contribution >= 0.6 is 11.8 Å². The summed E-state index contributed by atoms with van der Waals surface area (Å²) in [5, 5.41) is 0. The number of thioether (sulfide) groups is 1. The molecule has 18 heavy (non-hydrogen) atoms. The van der Waals surface area contributed by atoms with E-state index in [0.29, 0.717) is 0 Å². The predicted octanol–water partition coefficient (Wildman–Crippen LogP) is -0.676. The molecule has 0 aliphatic heterocycles. The second-order valence-corrected chi connectivity index (χ2v) is 4.93. The van der Waals surface area contributed by atoms with E-state index in [-0.39, 0.29) is 24.0 Å². The van der Waals surface area contributed by atoms with Gasteiger partial charge in [0.1, 0.15) is 5.75 Å². The van der Waals surface area contributed by atoms with Gasteiger partial charge in [-0.1, -0.05) is 0 Å². The molecule has 100 valence electrons. The number of rotatable bonds is 5. The summed E-state index contributed by atoms with van der Waals surface area (Å²) in [4.78, 5) is 0. The lowest BCUT2D eigenvalue weighted by atomic mass is 10.3. The Labute approximate surface area is 130 Å². The van der Waals surface area contributed by atoms with Crippen LogP contribution in [0, 0.1) is 0 Å². The number of hydrogen-bond acceptors (Lipinski definition) is 2. The van der Waals surface area contributed by atoms with Crippen molar-refractivity contribution in [3.63, 3.8) is 0 Å². The molecule has 0 spiro atoms. The van der Waals surface area contributed by atoms with Gasteiger partial charge < -0.3 is 28.7 Å². The predicted molar refractivity (Wildman–Crippen MR) is 72.7 cm³/mol. The molecular formula is C13H19IN2OS. The maximum atomic E-state index is 5.29. The maximum absolute atomic E-state index is 5.29. The van der Waals surface area contributed by atoms with Crippen LogP contribution in [0.4, 0.5) is 0 Å². The Balaban J connectivity index is 0.00000162. The van der Waals surface area contributed by atoms with Crippen molar-refractivity contribution >= 4 is 22.8 Å². The first-order valence-electron chi connectivity index (χ1n) is 5.85. The Bertz CT molecular complexity index is 513. The zero-order valence-corrected chi connectivity index (χ0v) is 14.0. The van der Waals surface area contributed by atoms with E-state index in [1.54, 1.807) is 7.11 Å². The van der Waals surface area contributed by atoms with Crippen molar-refractivity contribution in [2.45, 2.75) is 20.0 Å². The van der Waals surface area contributed by atoms with E-state index in [0.717, 1.165) is 24.6 Å². The summed E-state index contributed by atoms with van der Waals surface area (Å²) in [5.74, 6) is 2.06. The first-order valence-corrected chi connectivity index (χ1v) is 7.24. The van der Waals surface area contributed by atoms with Crippen LogP contribution in [0.3, 0.4) is 0 Å². The van der Waals surface area contributed by atoms with E-state index >= 15 is 0 Å². The number of imidazole rings is 1. The highest BCUT2D eigenvalue weighted by Gasteiger charge is 2.14. The average Bonchev–Trinajstić information content (AvgIpc) is 2.73. The second kappa shape index (κ2) is 7.23. The molecule has 0 amide bonds. The maximum Gasteiger partial charge on any atom is 0.244 e. The van der Waals surface area contributed by atoms with Crippen LogP contribution in [0.2, 0.25) is 0 Å². The highest BCUT2D eigenvalue weighted by Crippen LogP contribution is 2.19. The Kier molecular flexibility index (Phi) is 6.28. The first-order chi connectivity index (χ1) is 8.30. The number of methoxy groups -OCH3 is 1. The quantitative estimate of drug-likeness (QED) is 0.507. The van der Waals surface area contributed by atoms with Gasteiger partial charge in [-0.3, -0.25) is 0 Å². The highest BCUT2D eigenvalue weighted by molar-refractivity contribution is 7.98. The molecule has 0 saturated carbocycles. The number of nitrogens with zero attached hydrogens (tertiary/aromatic N) is 2. The number of hydrogen-bond donors (Lipinski definition) is 0. The molecule has 2 aromatic rings. The topological polar surface area (TPSA) is 18.0 Å². The lowest BCUT2D eigenvalue weighted by molar-refractivity contribution is -0.667. The monoisotopic (exact) mass is 378 g/mol. The second-order valence-electron chi connectivity index (χ2n) is 3.94. The minimum atomic E-state index is 0. The smallest absolute Gasteiger partial charge is 0.244 e. The minimum Gasteiger partial charge on any atom is -1.00 e. The van der Waals surface area contributed by atoms with Crippen LogP contribution < -0.4 is 33.3 Å². The van der Waals surface area contributed by atoms with Gasteiger partial charge in [0.25, 0.3) is 0 Å². The summed E-state index contributed by atoms with van der Waals surface area (Å²) in [5.41, 5.74) is 2.52. The van der Waals surface area contributed by atoms with E-state index in [9.17, 15) is 0 Å². The van der Waals surface area contributed by atoms with Crippen molar-refractivity contribution in [3.8, 4) is 5.75 Å². The summed E-state index contributed by atoms with van der Waals surface area (Å²) in [6, 6.07) is 6.27. The lowest BCUT2D eigenvalue weighted by Gasteiger charge is -1.98. The minimum absolute atomic E-state index is 0. The molecule has 0 aliphatic carbocycles. The molecule has 0 saturated heterocycles. The number of benzene rings is 1. The van der Waals surface area contributed by atoms with Crippen molar-refractivity contribution in [1.82, 2.24) is 4.57 Å².